The van der Waals surface area contributed by atoms with Crippen molar-refractivity contribution in [3.8, 4) is 17.3 Å². The van der Waals surface area contributed by atoms with Crippen molar-refractivity contribution in [3.05, 3.63) is 54.2 Å². The van der Waals surface area contributed by atoms with Crippen LogP contribution in [-0.4, -0.2) is 55.7 Å². The van der Waals surface area contributed by atoms with Gasteiger partial charge in [0.15, 0.2) is 0 Å². The molecule has 1 amide bonds. The summed E-state index contributed by atoms with van der Waals surface area (Å²) in [6.07, 6.45) is 4.75. The average molecular weight is 365 g/mol. The van der Waals surface area contributed by atoms with Crippen LogP contribution in [0.25, 0.3) is 11.5 Å². The number of H-pyrrole nitrogens is 1. The number of rotatable bonds is 5. The molecule has 0 radical (unpaired) electrons. The first-order valence-electron chi connectivity index (χ1n) is 8.65. The lowest BCUT2D eigenvalue weighted by molar-refractivity contribution is -0.122. The number of aromatic amines is 1. The van der Waals surface area contributed by atoms with Crippen molar-refractivity contribution >= 4 is 5.91 Å². The number of ether oxygens (including phenoxy) is 1. The molecule has 2 N–H and O–H groups in total. The minimum atomic E-state index is -0.0770. The Labute approximate surface area is 155 Å². The van der Waals surface area contributed by atoms with Gasteiger partial charge in [-0.15, -0.1) is 0 Å². The molecule has 0 spiro atoms. The van der Waals surface area contributed by atoms with E-state index in [-0.39, 0.29) is 12.5 Å². The minimum Gasteiger partial charge on any atom is -0.492 e. The highest BCUT2D eigenvalue weighted by Crippen LogP contribution is 2.22. The monoisotopic (exact) mass is 365 g/mol. The van der Waals surface area contributed by atoms with E-state index >= 15 is 0 Å². The number of carbonyl (C=O) groups is 1. The van der Waals surface area contributed by atoms with Gasteiger partial charge in [-0.25, -0.2) is 9.97 Å². The fraction of sp³-hybridized carbons (Fsp3) is 0.278. The molecule has 4 rings (SSSR count). The third-order valence-corrected chi connectivity index (χ3v) is 4.18. The van der Waals surface area contributed by atoms with E-state index in [9.17, 15) is 4.79 Å². The van der Waals surface area contributed by atoms with Crippen molar-refractivity contribution in [2.75, 3.05) is 19.7 Å². The second-order valence-corrected chi connectivity index (χ2v) is 6.14. The number of carbonyl (C=O) groups excluding carboxylic acids is 1. The molecular weight excluding hydrogens is 346 g/mol. The first-order chi connectivity index (χ1) is 13.3. The lowest BCUT2D eigenvalue weighted by Crippen LogP contribution is -2.37. The Kier molecular flexibility index (Phi) is 5.01. The van der Waals surface area contributed by atoms with Crippen molar-refractivity contribution in [2.45, 2.75) is 13.1 Å². The molecule has 2 aromatic heterocycles. The van der Waals surface area contributed by atoms with Gasteiger partial charge >= 0.3 is 0 Å². The third kappa shape index (κ3) is 4.26. The number of para-hydroxylation sites is 1. The highest BCUT2D eigenvalue weighted by atomic mass is 16.5. The maximum Gasteiger partial charge on any atom is 0.234 e. The number of fused-ring (bicyclic) bond motifs is 1. The Balaban J connectivity index is 1.31. The molecule has 0 unspecified atom stereocenters. The molecule has 0 fully saturated rings. The summed E-state index contributed by atoms with van der Waals surface area (Å²) in [7, 11) is 0. The van der Waals surface area contributed by atoms with E-state index in [0.29, 0.717) is 43.6 Å². The molecule has 1 aliphatic rings. The van der Waals surface area contributed by atoms with Gasteiger partial charge in [-0.1, -0.05) is 18.2 Å². The fourth-order valence-corrected chi connectivity index (χ4v) is 2.86. The van der Waals surface area contributed by atoms with Crippen LogP contribution < -0.4 is 10.1 Å². The third-order valence-electron chi connectivity index (χ3n) is 4.18. The fourth-order valence-electron chi connectivity index (χ4n) is 2.86. The SMILES string of the molecule is O=C(CN1CCOc2ccccc2C1)NCc1nc(-c2cnccn2)n[nH]1. The second-order valence-electron chi connectivity index (χ2n) is 6.14. The second kappa shape index (κ2) is 7.92. The first-order valence-corrected chi connectivity index (χ1v) is 8.65. The van der Waals surface area contributed by atoms with Gasteiger partial charge in [0.05, 0.1) is 19.3 Å². The van der Waals surface area contributed by atoms with Gasteiger partial charge in [0.25, 0.3) is 0 Å². The van der Waals surface area contributed by atoms with Crippen molar-refractivity contribution in [1.82, 2.24) is 35.4 Å². The van der Waals surface area contributed by atoms with Gasteiger partial charge in [0, 0.05) is 31.0 Å². The summed E-state index contributed by atoms with van der Waals surface area (Å²) in [6.45, 7) is 2.51. The molecule has 0 saturated heterocycles. The Morgan fingerprint density at radius 3 is 3.11 bits per heavy atom. The molecule has 0 bridgehead atoms. The van der Waals surface area contributed by atoms with Gasteiger partial charge in [0.1, 0.15) is 23.9 Å². The summed E-state index contributed by atoms with van der Waals surface area (Å²) in [6, 6.07) is 7.91. The minimum absolute atomic E-state index is 0.0770. The quantitative estimate of drug-likeness (QED) is 0.687. The summed E-state index contributed by atoms with van der Waals surface area (Å²) in [5.41, 5.74) is 1.67. The molecule has 138 valence electrons. The van der Waals surface area contributed by atoms with Crippen LogP contribution in [0.2, 0.25) is 0 Å². The predicted octanol–water partition coefficient (Wildman–Crippen LogP) is 0.772. The summed E-state index contributed by atoms with van der Waals surface area (Å²) < 4.78 is 5.73. The smallest absolute Gasteiger partial charge is 0.234 e. The molecule has 0 saturated carbocycles. The number of aromatic nitrogens is 5. The van der Waals surface area contributed by atoms with Crippen LogP contribution >= 0.6 is 0 Å². The van der Waals surface area contributed by atoms with Crippen molar-refractivity contribution in [3.63, 3.8) is 0 Å². The molecule has 1 aromatic carbocycles. The standard InChI is InChI=1S/C18H19N7O2/c26-17(12-25-7-8-27-15-4-2-1-3-13(15)11-25)21-10-16-22-18(24-23-16)14-9-19-5-6-20-14/h1-6,9H,7-8,10-12H2,(H,21,26)(H,22,23,24). The average Bonchev–Trinajstić information content (AvgIpc) is 3.08. The normalized spacial score (nSPS) is 14.1. The van der Waals surface area contributed by atoms with Gasteiger partial charge in [0.2, 0.25) is 11.7 Å². The number of hydrogen-bond donors (Lipinski definition) is 2. The van der Waals surface area contributed by atoms with Gasteiger partial charge in [-0.3, -0.25) is 19.8 Å². The lowest BCUT2D eigenvalue weighted by Gasteiger charge is -2.18. The topological polar surface area (TPSA) is 109 Å². The molecule has 9 nitrogen and oxygen atoms in total. The van der Waals surface area contributed by atoms with Crippen LogP contribution in [0.15, 0.2) is 42.9 Å². The van der Waals surface area contributed by atoms with Crippen LogP contribution in [0.1, 0.15) is 11.4 Å². The van der Waals surface area contributed by atoms with Crippen molar-refractivity contribution < 1.29 is 9.53 Å². The van der Waals surface area contributed by atoms with E-state index in [1.165, 1.54) is 0 Å². The molecular formula is C18H19N7O2. The van der Waals surface area contributed by atoms with Crippen molar-refractivity contribution in [2.24, 2.45) is 0 Å². The summed E-state index contributed by atoms with van der Waals surface area (Å²) in [4.78, 5) is 26.8. The van der Waals surface area contributed by atoms with Crippen LogP contribution in [0.5, 0.6) is 5.75 Å². The van der Waals surface area contributed by atoms with Crippen LogP contribution in [0.3, 0.4) is 0 Å². The Morgan fingerprint density at radius 1 is 1.30 bits per heavy atom. The molecule has 27 heavy (non-hydrogen) atoms. The van der Waals surface area contributed by atoms with E-state index in [4.69, 9.17) is 4.74 Å². The summed E-state index contributed by atoms with van der Waals surface area (Å²) in [5, 5.41) is 9.77. The first kappa shape index (κ1) is 17.1. The zero-order chi connectivity index (χ0) is 18.5. The molecule has 3 aromatic rings. The van der Waals surface area contributed by atoms with Gasteiger partial charge in [-0.05, 0) is 6.07 Å². The van der Waals surface area contributed by atoms with Crippen LogP contribution in [0.4, 0.5) is 0 Å². The highest BCUT2D eigenvalue weighted by Gasteiger charge is 2.17. The van der Waals surface area contributed by atoms with E-state index in [0.717, 1.165) is 11.3 Å². The number of hydrogen-bond acceptors (Lipinski definition) is 7. The van der Waals surface area contributed by atoms with Crippen molar-refractivity contribution in [1.29, 1.82) is 0 Å². The van der Waals surface area contributed by atoms with E-state index < -0.39 is 0 Å². The Morgan fingerprint density at radius 2 is 2.22 bits per heavy atom. The predicted molar refractivity (Wildman–Crippen MR) is 96.5 cm³/mol. The van der Waals surface area contributed by atoms with Gasteiger partial charge in [-0.2, -0.15) is 5.10 Å². The molecule has 1 aliphatic heterocycles. The van der Waals surface area contributed by atoms with Crippen LogP contribution in [0, 0.1) is 0 Å². The largest absolute Gasteiger partial charge is 0.492 e. The van der Waals surface area contributed by atoms with Crippen LogP contribution in [-0.2, 0) is 17.9 Å². The number of nitrogens with one attached hydrogen (secondary N) is 2. The van der Waals surface area contributed by atoms with E-state index in [1.807, 2.05) is 24.3 Å². The number of amides is 1. The Hall–Kier alpha value is -3.33. The highest BCUT2D eigenvalue weighted by molar-refractivity contribution is 5.77. The summed E-state index contributed by atoms with van der Waals surface area (Å²) in [5.74, 6) is 1.83. The molecule has 0 atom stereocenters. The molecule has 0 aliphatic carbocycles. The molecule has 9 heteroatoms. The number of benzene rings is 1. The Bertz CT molecular complexity index is 913. The van der Waals surface area contributed by atoms with E-state index in [2.05, 4.69) is 35.4 Å². The zero-order valence-corrected chi connectivity index (χ0v) is 14.6. The summed E-state index contributed by atoms with van der Waals surface area (Å²) >= 11 is 0. The maximum atomic E-state index is 12.3. The maximum absolute atomic E-state index is 12.3. The number of nitrogens with zero attached hydrogens (tertiary/aromatic N) is 5. The zero-order valence-electron chi connectivity index (χ0n) is 14.6. The van der Waals surface area contributed by atoms with Gasteiger partial charge < -0.3 is 10.1 Å². The lowest BCUT2D eigenvalue weighted by atomic mass is 10.2. The van der Waals surface area contributed by atoms with E-state index in [1.54, 1.807) is 18.6 Å². The molecule has 3 heterocycles.